The average Bonchev–Trinajstić information content (AvgIpc) is 2.66. The molecule has 0 aliphatic heterocycles. The standard InChI is InChI=1S/C20H23NO6/c1-13(17-11-16(25-2)8-9-18(17)26-3)21-19(22)12-27-15-6-4-14(5-7-15)10-20(23)24/h4-9,11,13H,10,12H2,1-3H3,(H,21,22)(H,23,24)/t13-/m1/s1. The second-order valence-electron chi connectivity index (χ2n) is 5.90. The molecule has 2 rings (SSSR count). The summed E-state index contributed by atoms with van der Waals surface area (Å²) in [7, 11) is 3.14. The molecule has 0 bridgehead atoms. The number of aliphatic carboxylic acids is 1. The van der Waals surface area contributed by atoms with E-state index in [1.165, 1.54) is 0 Å². The van der Waals surface area contributed by atoms with E-state index in [-0.39, 0.29) is 25.0 Å². The first-order valence-electron chi connectivity index (χ1n) is 8.37. The Morgan fingerprint density at radius 2 is 1.70 bits per heavy atom. The molecule has 1 atom stereocenters. The van der Waals surface area contributed by atoms with Crippen LogP contribution in [0.3, 0.4) is 0 Å². The van der Waals surface area contributed by atoms with Gasteiger partial charge in [0, 0.05) is 5.56 Å². The number of rotatable bonds is 9. The maximum atomic E-state index is 12.2. The molecule has 0 unspecified atom stereocenters. The zero-order chi connectivity index (χ0) is 19.8. The third kappa shape index (κ3) is 5.91. The number of carboxylic acid groups (broad SMARTS) is 1. The van der Waals surface area contributed by atoms with Gasteiger partial charge in [-0.15, -0.1) is 0 Å². The Hall–Kier alpha value is -3.22. The Balaban J connectivity index is 1.92. The summed E-state index contributed by atoms with van der Waals surface area (Å²) in [6.45, 7) is 1.69. The highest BCUT2D eigenvalue weighted by molar-refractivity contribution is 5.78. The van der Waals surface area contributed by atoms with Crippen molar-refractivity contribution in [3.8, 4) is 17.2 Å². The summed E-state index contributed by atoms with van der Waals surface area (Å²) < 4.78 is 16.0. The lowest BCUT2D eigenvalue weighted by molar-refractivity contribution is -0.136. The Kier molecular flexibility index (Phi) is 7.05. The van der Waals surface area contributed by atoms with Crippen LogP contribution < -0.4 is 19.5 Å². The minimum atomic E-state index is -0.898. The molecule has 27 heavy (non-hydrogen) atoms. The first kappa shape index (κ1) is 20.1. The molecule has 0 heterocycles. The third-order valence-corrected chi connectivity index (χ3v) is 3.93. The second kappa shape index (κ2) is 9.47. The molecule has 0 fully saturated rings. The molecule has 0 radical (unpaired) electrons. The van der Waals surface area contributed by atoms with Gasteiger partial charge in [0.2, 0.25) is 0 Å². The van der Waals surface area contributed by atoms with Gasteiger partial charge in [0.15, 0.2) is 6.61 Å². The fraction of sp³-hybridized carbons (Fsp3) is 0.300. The highest BCUT2D eigenvalue weighted by atomic mass is 16.5. The SMILES string of the molecule is COc1ccc(OC)c([C@@H](C)NC(=O)COc2ccc(CC(=O)O)cc2)c1. The number of methoxy groups -OCH3 is 2. The first-order valence-corrected chi connectivity index (χ1v) is 8.37. The molecule has 0 aromatic heterocycles. The van der Waals surface area contributed by atoms with Crippen molar-refractivity contribution in [3.05, 3.63) is 53.6 Å². The number of nitrogens with one attached hydrogen (secondary N) is 1. The van der Waals surface area contributed by atoms with Crippen LogP contribution in [0.25, 0.3) is 0 Å². The maximum Gasteiger partial charge on any atom is 0.307 e. The molecular weight excluding hydrogens is 350 g/mol. The van der Waals surface area contributed by atoms with E-state index in [1.807, 2.05) is 13.0 Å². The number of carboxylic acids is 1. The summed E-state index contributed by atoms with van der Waals surface area (Å²) in [4.78, 5) is 22.9. The van der Waals surface area contributed by atoms with E-state index in [1.54, 1.807) is 50.6 Å². The van der Waals surface area contributed by atoms with E-state index in [2.05, 4.69) is 5.32 Å². The molecule has 0 saturated heterocycles. The van der Waals surface area contributed by atoms with E-state index >= 15 is 0 Å². The normalized spacial score (nSPS) is 11.4. The minimum Gasteiger partial charge on any atom is -0.497 e. The fourth-order valence-corrected chi connectivity index (χ4v) is 2.57. The second-order valence-corrected chi connectivity index (χ2v) is 5.90. The monoisotopic (exact) mass is 373 g/mol. The van der Waals surface area contributed by atoms with Crippen molar-refractivity contribution in [2.45, 2.75) is 19.4 Å². The Morgan fingerprint density at radius 3 is 2.30 bits per heavy atom. The van der Waals surface area contributed by atoms with Crippen molar-refractivity contribution >= 4 is 11.9 Å². The highest BCUT2D eigenvalue weighted by Gasteiger charge is 2.15. The summed E-state index contributed by atoms with van der Waals surface area (Å²) in [5.41, 5.74) is 1.46. The highest BCUT2D eigenvalue weighted by Crippen LogP contribution is 2.29. The number of amides is 1. The molecule has 144 valence electrons. The summed E-state index contributed by atoms with van der Waals surface area (Å²) in [5.74, 6) is 0.626. The Bertz CT molecular complexity index is 788. The summed E-state index contributed by atoms with van der Waals surface area (Å²) in [6, 6.07) is 11.7. The number of ether oxygens (including phenoxy) is 3. The van der Waals surface area contributed by atoms with Crippen molar-refractivity contribution in [1.29, 1.82) is 0 Å². The van der Waals surface area contributed by atoms with Crippen LogP contribution in [0.4, 0.5) is 0 Å². The molecule has 0 saturated carbocycles. The van der Waals surface area contributed by atoms with E-state index in [9.17, 15) is 9.59 Å². The lowest BCUT2D eigenvalue weighted by Crippen LogP contribution is -2.31. The zero-order valence-corrected chi connectivity index (χ0v) is 15.5. The van der Waals surface area contributed by atoms with E-state index in [0.717, 1.165) is 5.56 Å². The molecule has 2 aromatic rings. The summed E-state index contributed by atoms with van der Waals surface area (Å²) in [6.07, 6.45) is -0.0549. The van der Waals surface area contributed by atoms with Crippen LogP contribution in [0.15, 0.2) is 42.5 Å². The number of benzene rings is 2. The van der Waals surface area contributed by atoms with Gasteiger partial charge in [0.05, 0.1) is 26.7 Å². The van der Waals surface area contributed by atoms with Gasteiger partial charge in [0.25, 0.3) is 5.91 Å². The van der Waals surface area contributed by atoms with Crippen LogP contribution >= 0.6 is 0 Å². The summed E-state index contributed by atoms with van der Waals surface area (Å²) >= 11 is 0. The molecule has 7 heteroatoms. The van der Waals surface area contributed by atoms with Gasteiger partial charge >= 0.3 is 5.97 Å². The molecule has 7 nitrogen and oxygen atoms in total. The van der Waals surface area contributed by atoms with E-state index in [0.29, 0.717) is 22.8 Å². The van der Waals surface area contributed by atoms with Crippen molar-refractivity contribution in [2.75, 3.05) is 20.8 Å². The van der Waals surface area contributed by atoms with E-state index in [4.69, 9.17) is 19.3 Å². The van der Waals surface area contributed by atoms with Crippen LogP contribution in [0.1, 0.15) is 24.1 Å². The van der Waals surface area contributed by atoms with Gasteiger partial charge in [-0.1, -0.05) is 12.1 Å². The van der Waals surface area contributed by atoms with Gasteiger partial charge in [-0.25, -0.2) is 0 Å². The largest absolute Gasteiger partial charge is 0.497 e. The smallest absolute Gasteiger partial charge is 0.307 e. The molecule has 0 spiro atoms. The predicted octanol–water partition coefficient (Wildman–Crippen LogP) is 2.59. The lowest BCUT2D eigenvalue weighted by atomic mass is 10.1. The van der Waals surface area contributed by atoms with Crippen LogP contribution in [0, 0.1) is 0 Å². The predicted molar refractivity (Wildman–Crippen MR) is 99.4 cm³/mol. The van der Waals surface area contributed by atoms with Gasteiger partial charge in [-0.3, -0.25) is 9.59 Å². The quantitative estimate of drug-likeness (QED) is 0.702. The zero-order valence-electron chi connectivity index (χ0n) is 15.5. The Labute approximate surface area is 157 Å². The van der Waals surface area contributed by atoms with Crippen LogP contribution in [0.2, 0.25) is 0 Å². The summed E-state index contributed by atoms with van der Waals surface area (Å²) in [5, 5.41) is 11.6. The van der Waals surface area contributed by atoms with Crippen molar-refractivity contribution in [2.24, 2.45) is 0 Å². The first-order chi connectivity index (χ1) is 12.9. The number of hydrogen-bond acceptors (Lipinski definition) is 5. The molecular formula is C20H23NO6. The van der Waals surface area contributed by atoms with Crippen molar-refractivity contribution in [1.82, 2.24) is 5.32 Å². The topological polar surface area (TPSA) is 94.1 Å². The maximum absolute atomic E-state index is 12.2. The van der Waals surface area contributed by atoms with Gasteiger partial charge < -0.3 is 24.6 Å². The fourth-order valence-electron chi connectivity index (χ4n) is 2.57. The number of hydrogen-bond donors (Lipinski definition) is 2. The van der Waals surface area contributed by atoms with Gasteiger partial charge in [0.1, 0.15) is 17.2 Å². The molecule has 0 aliphatic carbocycles. The van der Waals surface area contributed by atoms with Crippen LogP contribution in [0.5, 0.6) is 17.2 Å². The Morgan fingerprint density at radius 1 is 1.04 bits per heavy atom. The minimum absolute atomic E-state index is 0.0549. The number of carbonyl (C=O) groups excluding carboxylic acids is 1. The van der Waals surface area contributed by atoms with Crippen LogP contribution in [-0.2, 0) is 16.0 Å². The average molecular weight is 373 g/mol. The van der Waals surface area contributed by atoms with Crippen molar-refractivity contribution in [3.63, 3.8) is 0 Å². The lowest BCUT2D eigenvalue weighted by Gasteiger charge is -2.18. The molecule has 0 aliphatic rings. The molecule has 1 amide bonds. The van der Waals surface area contributed by atoms with Gasteiger partial charge in [-0.2, -0.15) is 0 Å². The number of carbonyl (C=O) groups is 2. The molecule has 2 aromatic carbocycles. The van der Waals surface area contributed by atoms with E-state index < -0.39 is 5.97 Å². The van der Waals surface area contributed by atoms with Crippen molar-refractivity contribution < 1.29 is 28.9 Å². The molecule has 2 N–H and O–H groups in total. The van der Waals surface area contributed by atoms with Crippen LogP contribution in [-0.4, -0.2) is 37.8 Å². The third-order valence-electron chi connectivity index (χ3n) is 3.93. The van der Waals surface area contributed by atoms with Gasteiger partial charge in [-0.05, 0) is 42.8 Å².